The number of anilines is 3. The second kappa shape index (κ2) is 7.08. The maximum atomic E-state index is 4.36. The second-order valence-electron chi connectivity index (χ2n) is 4.93. The molecular formula is C12H25N7. The number of aromatic nitrogens is 3. The summed E-state index contributed by atoms with van der Waals surface area (Å²) in [4.78, 5) is 17.0. The molecule has 1 heterocycles. The van der Waals surface area contributed by atoms with E-state index in [0.29, 0.717) is 23.9 Å². The van der Waals surface area contributed by atoms with Gasteiger partial charge in [0.1, 0.15) is 0 Å². The van der Waals surface area contributed by atoms with Crippen molar-refractivity contribution in [2.75, 3.05) is 56.8 Å². The lowest BCUT2D eigenvalue weighted by Gasteiger charge is -2.21. The highest BCUT2D eigenvalue weighted by Crippen LogP contribution is 2.10. The van der Waals surface area contributed by atoms with Crippen LogP contribution in [0.25, 0.3) is 0 Å². The van der Waals surface area contributed by atoms with E-state index >= 15 is 0 Å². The van der Waals surface area contributed by atoms with Gasteiger partial charge in [-0.25, -0.2) is 0 Å². The Morgan fingerprint density at radius 3 is 2.21 bits per heavy atom. The van der Waals surface area contributed by atoms with Crippen molar-refractivity contribution in [1.29, 1.82) is 0 Å². The Kier molecular flexibility index (Phi) is 5.75. The van der Waals surface area contributed by atoms with Crippen LogP contribution < -0.4 is 15.5 Å². The Bertz CT molecular complexity index is 392. The highest BCUT2D eigenvalue weighted by atomic mass is 15.3. The first-order valence-corrected chi connectivity index (χ1v) is 6.49. The average Bonchev–Trinajstić information content (AvgIpc) is 2.37. The standard InChI is InChI=1S/C12H25N7/c1-9(2)19(6)8-7-14-11-15-10(13-3)16-12(17-11)18(4)5/h9H,7-8H2,1-6H3,(H2,13,14,15,16,17). The van der Waals surface area contributed by atoms with E-state index in [1.54, 1.807) is 7.05 Å². The summed E-state index contributed by atoms with van der Waals surface area (Å²) < 4.78 is 0. The highest BCUT2D eigenvalue weighted by molar-refractivity contribution is 5.42. The fourth-order valence-corrected chi connectivity index (χ4v) is 1.36. The van der Waals surface area contributed by atoms with Crippen LogP contribution in [0, 0.1) is 0 Å². The molecule has 0 bridgehead atoms. The van der Waals surface area contributed by atoms with Crippen LogP contribution in [-0.2, 0) is 0 Å². The molecule has 0 saturated carbocycles. The maximum absolute atomic E-state index is 4.36. The van der Waals surface area contributed by atoms with Crippen molar-refractivity contribution < 1.29 is 0 Å². The summed E-state index contributed by atoms with van der Waals surface area (Å²) in [6.07, 6.45) is 0. The van der Waals surface area contributed by atoms with E-state index in [1.807, 2.05) is 19.0 Å². The molecule has 0 spiro atoms. The molecule has 0 unspecified atom stereocenters. The van der Waals surface area contributed by atoms with Crippen LogP contribution in [0.1, 0.15) is 13.8 Å². The van der Waals surface area contributed by atoms with Gasteiger partial charge < -0.3 is 20.4 Å². The lowest BCUT2D eigenvalue weighted by Crippen LogP contribution is -2.31. The Labute approximate surface area is 115 Å². The van der Waals surface area contributed by atoms with Crippen molar-refractivity contribution in [3.63, 3.8) is 0 Å². The zero-order chi connectivity index (χ0) is 14.4. The second-order valence-corrected chi connectivity index (χ2v) is 4.93. The highest BCUT2D eigenvalue weighted by Gasteiger charge is 2.07. The number of rotatable bonds is 7. The minimum absolute atomic E-state index is 0.533. The number of hydrogen-bond donors (Lipinski definition) is 2. The third-order valence-electron chi connectivity index (χ3n) is 2.88. The quantitative estimate of drug-likeness (QED) is 0.755. The molecule has 0 atom stereocenters. The molecule has 19 heavy (non-hydrogen) atoms. The van der Waals surface area contributed by atoms with E-state index in [2.05, 4.69) is 51.4 Å². The van der Waals surface area contributed by atoms with Gasteiger partial charge in [0.15, 0.2) is 0 Å². The molecule has 0 aromatic carbocycles. The van der Waals surface area contributed by atoms with Gasteiger partial charge >= 0.3 is 0 Å². The Morgan fingerprint density at radius 2 is 1.68 bits per heavy atom. The summed E-state index contributed by atoms with van der Waals surface area (Å²) >= 11 is 0. The van der Waals surface area contributed by atoms with Crippen molar-refractivity contribution in [3.05, 3.63) is 0 Å². The molecule has 0 aliphatic heterocycles. The van der Waals surface area contributed by atoms with Gasteiger partial charge in [-0.15, -0.1) is 0 Å². The minimum Gasteiger partial charge on any atom is -0.357 e. The van der Waals surface area contributed by atoms with E-state index in [4.69, 9.17) is 0 Å². The predicted molar refractivity (Wildman–Crippen MR) is 80.0 cm³/mol. The summed E-state index contributed by atoms with van der Waals surface area (Å²) in [5.74, 6) is 1.80. The molecule has 0 aliphatic carbocycles. The van der Waals surface area contributed by atoms with E-state index in [-0.39, 0.29) is 0 Å². The molecule has 0 amide bonds. The number of nitrogens with zero attached hydrogens (tertiary/aromatic N) is 5. The van der Waals surface area contributed by atoms with Crippen LogP contribution in [0.3, 0.4) is 0 Å². The average molecular weight is 267 g/mol. The van der Waals surface area contributed by atoms with E-state index in [0.717, 1.165) is 13.1 Å². The van der Waals surface area contributed by atoms with Crippen LogP contribution in [-0.4, -0.2) is 67.2 Å². The molecule has 0 saturated heterocycles. The molecule has 0 aliphatic rings. The molecule has 1 aromatic rings. The molecule has 108 valence electrons. The first kappa shape index (κ1) is 15.4. The molecule has 0 fully saturated rings. The molecular weight excluding hydrogens is 242 g/mol. The van der Waals surface area contributed by atoms with Crippen molar-refractivity contribution in [2.24, 2.45) is 0 Å². The largest absolute Gasteiger partial charge is 0.357 e. The molecule has 1 aromatic heterocycles. The Hall–Kier alpha value is -1.63. The normalized spacial score (nSPS) is 10.9. The lowest BCUT2D eigenvalue weighted by molar-refractivity contribution is 0.284. The van der Waals surface area contributed by atoms with Crippen LogP contribution in [0.4, 0.5) is 17.8 Å². The number of nitrogens with one attached hydrogen (secondary N) is 2. The van der Waals surface area contributed by atoms with Gasteiger partial charge in [-0.1, -0.05) is 0 Å². The summed E-state index contributed by atoms with van der Waals surface area (Å²) in [5.41, 5.74) is 0. The van der Waals surface area contributed by atoms with Crippen LogP contribution in [0.5, 0.6) is 0 Å². The van der Waals surface area contributed by atoms with Crippen LogP contribution in [0.15, 0.2) is 0 Å². The van der Waals surface area contributed by atoms with Gasteiger partial charge in [0, 0.05) is 40.3 Å². The SMILES string of the molecule is CNc1nc(NCCN(C)C(C)C)nc(N(C)C)n1. The third-order valence-corrected chi connectivity index (χ3v) is 2.88. The number of hydrogen-bond acceptors (Lipinski definition) is 7. The van der Waals surface area contributed by atoms with Crippen LogP contribution in [0.2, 0.25) is 0 Å². The van der Waals surface area contributed by atoms with Gasteiger partial charge in [-0.2, -0.15) is 15.0 Å². The molecule has 7 heteroatoms. The Morgan fingerprint density at radius 1 is 1.05 bits per heavy atom. The molecule has 2 N–H and O–H groups in total. The van der Waals surface area contributed by atoms with E-state index < -0.39 is 0 Å². The fraction of sp³-hybridized carbons (Fsp3) is 0.750. The summed E-state index contributed by atoms with van der Waals surface area (Å²) in [6, 6.07) is 0.533. The third kappa shape index (κ3) is 4.86. The zero-order valence-electron chi connectivity index (χ0n) is 12.7. The fourth-order valence-electron chi connectivity index (χ4n) is 1.36. The van der Waals surface area contributed by atoms with E-state index in [9.17, 15) is 0 Å². The minimum atomic E-state index is 0.533. The van der Waals surface area contributed by atoms with Crippen LogP contribution >= 0.6 is 0 Å². The summed E-state index contributed by atoms with van der Waals surface area (Å²) in [6.45, 7) is 6.09. The molecule has 0 radical (unpaired) electrons. The van der Waals surface area contributed by atoms with E-state index in [1.165, 1.54) is 0 Å². The number of likely N-dealkylation sites (N-methyl/N-ethyl adjacent to an activating group) is 1. The van der Waals surface area contributed by atoms with Gasteiger partial charge in [0.25, 0.3) is 0 Å². The van der Waals surface area contributed by atoms with Crippen molar-refractivity contribution >= 4 is 17.8 Å². The summed E-state index contributed by atoms with van der Waals surface area (Å²) in [5, 5.41) is 6.17. The first-order chi connectivity index (χ1) is 8.93. The predicted octanol–water partition coefficient (Wildman–Crippen LogP) is 0.731. The molecule has 7 nitrogen and oxygen atoms in total. The van der Waals surface area contributed by atoms with Gasteiger partial charge in [0.05, 0.1) is 0 Å². The topological polar surface area (TPSA) is 69.2 Å². The monoisotopic (exact) mass is 267 g/mol. The molecule has 1 rings (SSSR count). The van der Waals surface area contributed by atoms with Gasteiger partial charge in [0.2, 0.25) is 17.8 Å². The van der Waals surface area contributed by atoms with Crippen molar-refractivity contribution in [2.45, 2.75) is 19.9 Å². The van der Waals surface area contributed by atoms with Gasteiger partial charge in [-0.3, -0.25) is 0 Å². The maximum Gasteiger partial charge on any atom is 0.231 e. The zero-order valence-corrected chi connectivity index (χ0v) is 12.7. The lowest BCUT2D eigenvalue weighted by atomic mass is 10.3. The van der Waals surface area contributed by atoms with Crippen molar-refractivity contribution in [1.82, 2.24) is 19.9 Å². The first-order valence-electron chi connectivity index (χ1n) is 6.49. The smallest absolute Gasteiger partial charge is 0.231 e. The van der Waals surface area contributed by atoms with Gasteiger partial charge in [-0.05, 0) is 20.9 Å². The Balaban J connectivity index is 2.64. The summed E-state index contributed by atoms with van der Waals surface area (Å²) in [7, 11) is 7.71. The van der Waals surface area contributed by atoms with Crippen molar-refractivity contribution in [3.8, 4) is 0 Å².